The molecule has 3 rings (SSSR count). The first-order chi connectivity index (χ1) is 9.97. The minimum absolute atomic E-state index is 0.116. The van der Waals surface area contributed by atoms with E-state index in [1.165, 1.54) is 23.9 Å². The fourth-order valence-corrected chi connectivity index (χ4v) is 3.89. The number of nitrogens with zero attached hydrogens (tertiary/aromatic N) is 2. The lowest BCUT2D eigenvalue weighted by atomic mass is 10.0. The number of hydrogen-bond acceptors (Lipinski definition) is 3. The average molecular weight is 326 g/mol. The van der Waals surface area contributed by atoms with Crippen LogP contribution in [0, 0.1) is 12.7 Å². The Morgan fingerprint density at radius 1 is 1.52 bits per heavy atom. The molecule has 0 saturated carbocycles. The van der Waals surface area contributed by atoms with Crippen LogP contribution in [0.4, 0.5) is 10.2 Å². The Labute approximate surface area is 130 Å². The van der Waals surface area contributed by atoms with Gasteiger partial charge >= 0.3 is 0 Å². The predicted molar refractivity (Wildman–Crippen MR) is 82.3 cm³/mol. The molecule has 1 atom stereocenters. The van der Waals surface area contributed by atoms with Crippen LogP contribution >= 0.6 is 23.4 Å². The Bertz CT molecular complexity index is 731. The van der Waals surface area contributed by atoms with E-state index in [4.69, 9.17) is 11.6 Å². The van der Waals surface area contributed by atoms with E-state index >= 15 is 0 Å². The molecule has 2 aromatic rings. The number of nitrogens with one attached hydrogen (secondary N) is 1. The molecule has 0 saturated heterocycles. The topological polar surface area (TPSA) is 46.9 Å². The highest BCUT2D eigenvalue weighted by molar-refractivity contribution is 8.00. The summed E-state index contributed by atoms with van der Waals surface area (Å²) in [5.74, 6) is 0.423. The van der Waals surface area contributed by atoms with E-state index in [1.807, 2.05) is 6.92 Å². The molecule has 0 unspecified atom stereocenters. The lowest BCUT2D eigenvalue weighted by Crippen LogP contribution is -2.15. The number of rotatable bonds is 1. The molecule has 4 nitrogen and oxygen atoms in total. The number of aryl methyl sites for hydroxylation is 2. The molecule has 1 aliphatic heterocycles. The van der Waals surface area contributed by atoms with Gasteiger partial charge in [-0.15, -0.1) is 11.8 Å². The normalized spacial score (nSPS) is 18.1. The Morgan fingerprint density at radius 3 is 3.05 bits per heavy atom. The quantitative estimate of drug-likeness (QED) is 0.875. The maximum Gasteiger partial charge on any atom is 0.235 e. The molecule has 110 valence electrons. The highest BCUT2D eigenvalue weighted by atomic mass is 35.5. The predicted octanol–water partition coefficient (Wildman–Crippen LogP) is 3.30. The molecule has 1 aromatic carbocycles. The second-order valence-corrected chi connectivity index (χ2v) is 6.41. The molecule has 21 heavy (non-hydrogen) atoms. The van der Waals surface area contributed by atoms with Crippen LogP contribution in [0.3, 0.4) is 0 Å². The van der Waals surface area contributed by atoms with Gasteiger partial charge in [-0.25, -0.2) is 4.39 Å². The van der Waals surface area contributed by atoms with Gasteiger partial charge in [-0.2, -0.15) is 5.10 Å². The van der Waals surface area contributed by atoms with E-state index < -0.39 is 0 Å². The van der Waals surface area contributed by atoms with Crippen LogP contribution < -0.4 is 5.32 Å². The van der Waals surface area contributed by atoms with Gasteiger partial charge in [0.05, 0.1) is 16.7 Å². The molecule has 0 bridgehead atoms. The van der Waals surface area contributed by atoms with Crippen molar-refractivity contribution in [2.45, 2.75) is 12.2 Å². The molecule has 0 aliphatic carbocycles. The van der Waals surface area contributed by atoms with Crippen LogP contribution in [-0.4, -0.2) is 21.4 Å². The minimum Gasteiger partial charge on any atom is -0.310 e. The number of benzene rings is 1. The fourth-order valence-electron chi connectivity index (χ4n) is 2.51. The van der Waals surface area contributed by atoms with E-state index in [-0.39, 0.29) is 22.7 Å². The second-order valence-electron chi connectivity index (χ2n) is 4.88. The molecular formula is C14H13ClFN3OS. The number of amides is 1. The SMILES string of the molecule is Cc1nn(C)c2c1[C@@H](c1cc(Cl)ccc1F)SCC(=O)N2. The van der Waals surface area contributed by atoms with Gasteiger partial charge in [0.25, 0.3) is 0 Å². The summed E-state index contributed by atoms with van der Waals surface area (Å²) in [4.78, 5) is 11.8. The zero-order valence-corrected chi connectivity index (χ0v) is 13.1. The molecule has 0 radical (unpaired) electrons. The summed E-state index contributed by atoms with van der Waals surface area (Å²) < 4.78 is 15.8. The zero-order valence-electron chi connectivity index (χ0n) is 11.5. The number of aromatic nitrogens is 2. The van der Waals surface area contributed by atoms with Crippen molar-refractivity contribution in [3.8, 4) is 0 Å². The first-order valence-electron chi connectivity index (χ1n) is 6.37. The van der Waals surface area contributed by atoms with Crippen LogP contribution in [-0.2, 0) is 11.8 Å². The fraction of sp³-hybridized carbons (Fsp3) is 0.286. The average Bonchev–Trinajstić information content (AvgIpc) is 2.61. The van der Waals surface area contributed by atoms with Crippen molar-refractivity contribution in [1.29, 1.82) is 0 Å². The maximum absolute atomic E-state index is 14.2. The highest BCUT2D eigenvalue weighted by Crippen LogP contribution is 2.44. The number of hydrogen-bond donors (Lipinski definition) is 1. The molecule has 2 heterocycles. The van der Waals surface area contributed by atoms with Gasteiger partial charge in [-0.1, -0.05) is 11.6 Å². The second kappa shape index (κ2) is 5.35. The largest absolute Gasteiger partial charge is 0.310 e. The third-order valence-corrected chi connectivity index (χ3v) is 4.90. The molecule has 1 aromatic heterocycles. The van der Waals surface area contributed by atoms with Crippen LogP contribution in [0.15, 0.2) is 18.2 Å². The van der Waals surface area contributed by atoms with Crippen molar-refractivity contribution in [2.24, 2.45) is 7.05 Å². The first kappa shape index (κ1) is 14.4. The molecule has 1 amide bonds. The van der Waals surface area contributed by atoms with Gasteiger partial charge in [0.15, 0.2) is 0 Å². The molecule has 0 fully saturated rings. The van der Waals surface area contributed by atoms with Crippen LogP contribution in [0.5, 0.6) is 0 Å². The standard InChI is InChI=1S/C14H13ClFN3OS/c1-7-12-13(9-5-8(15)3-4-10(9)16)21-6-11(20)17-14(12)19(2)18-7/h3-5,13H,6H2,1-2H3,(H,17,20)/t13-/m1/s1. The molecule has 1 N–H and O–H groups in total. The lowest BCUT2D eigenvalue weighted by molar-refractivity contribution is -0.113. The third kappa shape index (κ3) is 2.53. The van der Waals surface area contributed by atoms with Crippen LogP contribution in [0.1, 0.15) is 22.1 Å². The number of carbonyl (C=O) groups excluding carboxylic acids is 1. The molecule has 7 heteroatoms. The van der Waals surface area contributed by atoms with E-state index in [1.54, 1.807) is 17.8 Å². The number of anilines is 1. The monoisotopic (exact) mass is 325 g/mol. The Hall–Kier alpha value is -1.53. The van der Waals surface area contributed by atoms with E-state index in [0.29, 0.717) is 16.4 Å². The number of thioether (sulfide) groups is 1. The van der Waals surface area contributed by atoms with E-state index in [2.05, 4.69) is 10.4 Å². The minimum atomic E-state index is -0.333. The van der Waals surface area contributed by atoms with Gasteiger partial charge in [0.2, 0.25) is 5.91 Å². The van der Waals surface area contributed by atoms with Gasteiger partial charge in [0.1, 0.15) is 11.6 Å². The van der Waals surface area contributed by atoms with Crippen LogP contribution in [0.25, 0.3) is 0 Å². The smallest absolute Gasteiger partial charge is 0.235 e. The van der Waals surface area contributed by atoms with Crippen molar-refractivity contribution in [2.75, 3.05) is 11.1 Å². The molecular weight excluding hydrogens is 313 g/mol. The highest BCUT2D eigenvalue weighted by Gasteiger charge is 2.31. The van der Waals surface area contributed by atoms with Crippen LogP contribution in [0.2, 0.25) is 5.02 Å². The van der Waals surface area contributed by atoms with Crippen molar-refractivity contribution in [3.63, 3.8) is 0 Å². The van der Waals surface area contributed by atoms with Crippen molar-refractivity contribution in [1.82, 2.24) is 9.78 Å². The van der Waals surface area contributed by atoms with E-state index in [9.17, 15) is 9.18 Å². The zero-order chi connectivity index (χ0) is 15.1. The van der Waals surface area contributed by atoms with Gasteiger partial charge in [-0.3, -0.25) is 9.48 Å². The Kier molecular flexibility index (Phi) is 3.67. The molecule has 1 aliphatic rings. The maximum atomic E-state index is 14.2. The summed E-state index contributed by atoms with van der Waals surface area (Å²) in [5, 5.41) is 7.32. The third-order valence-electron chi connectivity index (χ3n) is 3.41. The summed E-state index contributed by atoms with van der Waals surface area (Å²) in [6, 6.07) is 4.48. The summed E-state index contributed by atoms with van der Waals surface area (Å²) in [5.41, 5.74) is 2.07. The number of fused-ring (bicyclic) bond motifs is 1. The lowest BCUT2D eigenvalue weighted by Gasteiger charge is -2.16. The van der Waals surface area contributed by atoms with Crippen molar-refractivity contribution >= 4 is 35.1 Å². The molecule has 0 spiro atoms. The van der Waals surface area contributed by atoms with Crippen molar-refractivity contribution in [3.05, 3.63) is 45.9 Å². The van der Waals surface area contributed by atoms with Gasteiger partial charge < -0.3 is 5.32 Å². The van der Waals surface area contributed by atoms with Crippen molar-refractivity contribution < 1.29 is 9.18 Å². The summed E-state index contributed by atoms with van der Waals surface area (Å²) in [6.45, 7) is 1.85. The van der Waals surface area contributed by atoms with Gasteiger partial charge in [-0.05, 0) is 25.1 Å². The Balaban J connectivity index is 2.19. The number of halogens is 2. The summed E-state index contributed by atoms with van der Waals surface area (Å²) in [6.07, 6.45) is 0. The number of carbonyl (C=O) groups is 1. The Morgan fingerprint density at radius 2 is 2.29 bits per heavy atom. The first-order valence-corrected chi connectivity index (χ1v) is 7.80. The van der Waals surface area contributed by atoms with Gasteiger partial charge in [0, 0.05) is 23.2 Å². The van der Waals surface area contributed by atoms with E-state index in [0.717, 1.165) is 11.3 Å². The summed E-state index contributed by atoms with van der Waals surface area (Å²) >= 11 is 7.37. The summed E-state index contributed by atoms with van der Waals surface area (Å²) in [7, 11) is 1.76.